The smallest absolute Gasteiger partial charge is 0 e. The first-order valence-electron chi connectivity index (χ1n) is 16.8. The number of benzene rings is 3. The molecule has 3 aromatic carbocycles. The number of pyridine rings is 2. The summed E-state index contributed by atoms with van der Waals surface area (Å²) in [5.74, 6) is 5.87. The summed E-state index contributed by atoms with van der Waals surface area (Å²) in [6, 6.07) is 25.6. The van der Waals surface area contributed by atoms with Gasteiger partial charge in [-0.05, 0) is 34.9 Å². The van der Waals surface area contributed by atoms with Crippen LogP contribution in [0.15, 0.2) is 83.5 Å². The van der Waals surface area contributed by atoms with Crippen LogP contribution in [0.2, 0.25) is 17.3 Å². The molecule has 3 nitrogen and oxygen atoms in total. The van der Waals surface area contributed by atoms with Crippen molar-refractivity contribution in [1.82, 2.24) is 9.97 Å². The summed E-state index contributed by atoms with van der Waals surface area (Å²) >= 11 is -2.14. The average molecular weight is 842 g/mol. The molecule has 0 aliphatic carbocycles. The molecule has 0 unspecified atom stereocenters. The molecule has 3 heterocycles. The van der Waals surface area contributed by atoms with Crippen molar-refractivity contribution in [3.63, 3.8) is 0 Å². The van der Waals surface area contributed by atoms with Crippen LogP contribution < -0.4 is 4.40 Å². The van der Waals surface area contributed by atoms with Gasteiger partial charge in [-0.2, -0.15) is 0 Å². The third-order valence-electron chi connectivity index (χ3n) is 7.62. The van der Waals surface area contributed by atoms with Crippen LogP contribution in [0.5, 0.6) is 0 Å². The van der Waals surface area contributed by atoms with Gasteiger partial charge in [-0.3, -0.25) is 0 Å². The maximum Gasteiger partial charge on any atom is 0 e. The van der Waals surface area contributed by atoms with E-state index in [9.17, 15) is 4.39 Å². The van der Waals surface area contributed by atoms with E-state index in [0.29, 0.717) is 11.2 Å². The second kappa shape index (κ2) is 13.7. The topological polar surface area (TPSA) is 38.9 Å². The minimum Gasteiger partial charge on any atom is 0 e. The Hall–Kier alpha value is -3.12. The minimum atomic E-state index is -2.14. The van der Waals surface area contributed by atoms with E-state index in [4.69, 9.17) is 9.90 Å². The molecule has 0 N–H and O–H groups in total. The van der Waals surface area contributed by atoms with Crippen molar-refractivity contribution in [2.75, 3.05) is 0 Å². The van der Waals surface area contributed by atoms with Crippen LogP contribution in [0.1, 0.15) is 62.7 Å². The van der Waals surface area contributed by atoms with Crippen LogP contribution in [0.4, 0.5) is 4.39 Å². The molecule has 1 radical (unpaired) electrons. The number of nitrogens with zero attached hydrogens (tertiary/aromatic N) is 2. The summed E-state index contributed by atoms with van der Waals surface area (Å²) in [5.41, 5.74) is 6.83. The predicted molar refractivity (Wildman–Crippen MR) is 185 cm³/mol. The van der Waals surface area contributed by atoms with Gasteiger partial charge in [0.2, 0.25) is 0 Å². The molecule has 0 saturated heterocycles. The second-order valence-electron chi connectivity index (χ2n) is 13.4. The first kappa shape index (κ1) is 29.3. The van der Waals surface area contributed by atoms with Gasteiger partial charge in [-0.1, -0.05) is 37.8 Å². The van der Waals surface area contributed by atoms with Gasteiger partial charge in [0.05, 0.1) is 5.58 Å². The molecule has 0 saturated carbocycles. The number of rotatable bonds is 4. The van der Waals surface area contributed by atoms with E-state index in [2.05, 4.69) is 66.2 Å². The Kier molecular flexibility index (Phi) is 8.92. The molecule has 0 aliphatic heterocycles. The normalized spacial score (nSPS) is 13.6. The van der Waals surface area contributed by atoms with Gasteiger partial charge in [-0.25, -0.2) is 4.39 Å². The summed E-state index contributed by atoms with van der Waals surface area (Å²) < 4.78 is 51.5. The molecule has 0 fully saturated rings. The third-order valence-corrected chi connectivity index (χ3v) is 11.8. The summed E-state index contributed by atoms with van der Waals surface area (Å²) in [4.78, 5) is 9.07. The second-order valence-corrected chi connectivity index (χ2v) is 23.9. The molecule has 45 heavy (non-hydrogen) atoms. The van der Waals surface area contributed by atoms with Crippen molar-refractivity contribution >= 4 is 39.6 Å². The van der Waals surface area contributed by atoms with Crippen molar-refractivity contribution in [1.29, 1.82) is 0 Å². The van der Waals surface area contributed by atoms with Gasteiger partial charge in [0.1, 0.15) is 11.4 Å². The Morgan fingerprint density at radius 1 is 0.933 bits per heavy atom. The van der Waals surface area contributed by atoms with E-state index in [1.54, 1.807) is 18.2 Å². The third kappa shape index (κ3) is 7.82. The van der Waals surface area contributed by atoms with Crippen molar-refractivity contribution in [3.05, 3.63) is 114 Å². The molecule has 0 aliphatic rings. The zero-order valence-electron chi connectivity index (χ0n) is 31.0. The van der Waals surface area contributed by atoms with Crippen LogP contribution in [0.3, 0.4) is 0 Å². The Bertz CT molecular complexity index is 2090. The Balaban J connectivity index is 0.000000216. The molecule has 0 atom stereocenters. The molecule has 0 bridgehead atoms. The fraction of sp³-hybridized carbons (Fsp3) is 0.282. The Morgan fingerprint density at radius 3 is 2.36 bits per heavy atom. The quantitative estimate of drug-likeness (QED) is 0.131. The number of furan rings is 1. The van der Waals surface area contributed by atoms with E-state index in [1.807, 2.05) is 50.5 Å². The molecule has 235 valence electrons. The minimum absolute atomic E-state index is 0. The van der Waals surface area contributed by atoms with E-state index < -0.39 is 26.0 Å². The van der Waals surface area contributed by atoms with Crippen molar-refractivity contribution in [3.8, 4) is 22.5 Å². The zero-order valence-corrected chi connectivity index (χ0v) is 31.5. The van der Waals surface area contributed by atoms with E-state index in [-0.39, 0.29) is 36.9 Å². The van der Waals surface area contributed by atoms with Gasteiger partial charge in [0.25, 0.3) is 0 Å². The van der Waals surface area contributed by atoms with Gasteiger partial charge in [0.15, 0.2) is 0 Å². The molecule has 3 aromatic heterocycles. The van der Waals surface area contributed by atoms with Crippen molar-refractivity contribution in [2.24, 2.45) is 0 Å². The van der Waals surface area contributed by atoms with Gasteiger partial charge >= 0.3 is 131 Å². The molecular weight excluding hydrogens is 796 g/mol. The van der Waals surface area contributed by atoms with E-state index in [1.165, 1.54) is 28.2 Å². The summed E-state index contributed by atoms with van der Waals surface area (Å²) in [7, 11) is 0. The number of hydrogen-bond acceptors (Lipinski definition) is 3. The van der Waals surface area contributed by atoms with Gasteiger partial charge < -0.3 is 9.40 Å². The number of fused-ring (bicyclic) bond motifs is 3. The van der Waals surface area contributed by atoms with Crippen LogP contribution in [0.25, 0.3) is 44.5 Å². The fourth-order valence-electron chi connectivity index (χ4n) is 5.14. The Labute approximate surface area is 289 Å². The summed E-state index contributed by atoms with van der Waals surface area (Å²) in [5, 5.41) is 1.84. The molecular formula is C39H41FGeIrN2O-2. The first-order chi connectivity index (χ1) is 22.2. The van der Waals surface area contributed by atoms with Crippen LogP contribution >= 0.6 is 0 Å². The van der Waals surface area contributed by atoms with Crippen LogP contribution in [-0.2, 0) is 25.5 Å². The Morgan fingerprint density at radius 2 is 1.71 bits per heavy atom. The molecule has 6 aromatic rings. The monoisotopic (exact) mass is 843 g/mol. The number of halogens is 1. The summed E-state index contributed by atoms with van der Waals surface area (Å²) in [6.45, 7) is 8.16. The van der Waals surface area contributed by atoms with Crippen molar-refractivity contribution < 1.29 is 34.4 Å². The molecule has 0 spiro atoms. The van der Waals surface area contributed by atoms with E-state index in [0.717, 1.165) is 38.9 Å². The maximum atomic E-state index is 13.5. The summed E-state index contributed by atoms with van der Waals surface area (Å²) in [6.07, 6.45) is 3.72. The standard InChI is InChI=1S/C21H17FNO.C18H24GeN.Ir/c1-21(2,3)13-9-10-23-18(11-13)17-6-4-5-16-15-8-7-14(22)12-19(15)24-20(16)17;1-13(2)16-11-18(15-9-7-14(3)8-10-15)20-12-17(16)19(4,5)6;/h4-5,7-12H,1-3H3;7-9,11-13H,1-6H3;/q2*-1;/i;3D3,13D;. The average Bonchev–Trinajstić information content (AvgIpc) is 3.37. The SMILES string of the molecule is CC(C)(C)c1ccnc(-c2[c-]ccc3c2oc2cc(F)ccc23)c1.[2H]C([2H])([2H])c1c[c-]c(-c2cc(C([2H])(C)C)[c]([Ge]([CH3])([CH3])[CH3])cn2)cc1.[Ir]. The number of aryl methyl sites for hydroxylation is 1. The van der Waals surface area contributed by atoms with Crippen molar-refractivity contribution in [2.45, 2.75) is 70.0 Å². The molecule has 0 amide bonds. The predicted octanol–water partition coefficient (Wildman–Crippen LogP) is 10.4. The largest absolute Gasteiger partial charge is 0 e. The van der Waals surface area contributed by atoms with E-state index >= 15 is 0 Å². The molecule has 6 rings (SSSR count). The van der Waals surface area contributed by atoms with Gasteiger partial charge in [0, 0.05) is 37.8 Å². The number of aromatic nitrogens is 2. The first-order valence-corrected chi connectivity index (χ1v) is 22.1. The van der Waals surface area contributed by atoms with Gasteiger partial charge in [-0.15, -0.1) is 18.2 Å². The zero-order chi connectivity index (χ0) is 35.2. The molecule has 6 heteroatoms. The van der Waals surface area contributed by atoms with Crippen LogP contribution in [0, 0.1) is 24.8 Å². The van der Waals surface area contributed by atoms with Crippen LogP contribution in [-0.4, -0.2) is 23.2 Å². The number of hydrogen-bond donors (Lipinski definition) is 0. The maximum absolute atomic E-state index is 13.5. The fourth-order valence-corrected chi connectivity index (χ4v) is 8.46.